The van der Waals surface area contributed by atoms with Crippen LogP contribution in [0.4, 0.5) is 11.4 Å². The summed E-state index contributed by atoms with van der Waals surface area (Å²) in [5.74, 6) is 0.492. The first-order valence-electron chi connectivity index (χ1n) is 9.30. The van der Waals surface area contributed by atoms with E-state index in [2.05, 4.69) is 48.8 Å². The summed E-state index contributed by atoms with van der Waals surface area (Å²) in [5, 5.41) is 1.53. The van der Waals surface area contributed by atoms with Crippen LogP contribution in [0.1, 0.15) is 29.9 Å². The third-order valence-corrected chi connectivity index (χ3v) is 7.46. The predicted molar refractivity (Wildman–Crippen MR) is 112 cm³/mol. The van der Waals surface area contributed by atoms with Gasteiger partial charge in [-0.1, -0.05) is 55.2 Å². The highest BCUT2D eigenvalue weighted by atomic mass is 28.3. The van der Waals surface area contributed by atoms with Gasteiger partial charge in [0.15, 0.2) is 0 Å². The molecule has 0 saturated carbocycles. The summed E-state index contributed by atoms with van der Waals surface area (Å²) in [5.41, 5.74) is 16.6. The molecule has 2 aromatic carbocycles. The summed E-state index contributed by atoms with van der Waals surface area (Å²) in [4.78, 5) is 2.55. The summed E-state index contributed by atoms with van der Waals surface area (Å²) in [7, 11) is -1.20. The second-order valence-electron chi connectivity index (χ2n) is 8.35. The van der Waals surface area contributed by atoms with Crippen LogP contribution in [-0.4, -0.2) is 26.1 Å². The summed E-state index contributed by atoms with van der Waals surface area (Å²) in [6, 6.07) is 15.2. The molecule has 1 fully saturated rings. The molecular weight excluding hydrogens is 322 g/mol. The standard InChI is InChI=1S/C21H31N3Si/c1-25(2,3)18-9-7-16(8-10-18)15-24-13-11-17(12-14-24)21-19(22)5-4-6-20(21)23/h4-10,17H,11-15,22-23H2,1-3H3. The topological polar surface area (TPSA) is 55.3 Å². The van der Waals surface area contributed by atoms with E-state index in [9.17, 15) is 0 Å². The molecule has 4 heteroatoms. The maximum absolute atomic E-state index is 6.17. The van der Waals surface area contributed by atoms with Crippen molar-refractivity contribution < 1.29 is 0 Å². The van der Waals surface area contributed by atoms with Crippen LogP contribution < -0.4 is 16.7 Å². The van der Waals surface area contributed by atoms with Gasteiger partial charge in [-0.05, 0) is 49.5 Å². The van der Waals surface area contributed by atoms with Crippen LogP contribution in [-0.2, 0) is 6.54 Å². The van der Waals surface area contributed by atoms with E-state index in [4.69, 9.17) is 11.5 Å². The van der Waals surface area contributed by atoms with Gasteiger partial charge in [-0.15, -0.1) is 0 Å². The number of nitrogen functional groups attached to an aromatic ring is 2. The van der Waals surface area contributed by atoms with E-state index in [1.165, 1.54) is 16.3 Å². The van der Waals surface area contributed by atoms with Gasteiger partial charge in [0, 0.05) is 23.5 Å². The zero-order valence-corrected chi connectivity index (χ0v) is 16.8. The number of nitrogens with zero attached hydrogens (tertiary/aromatic N) is 1. The third-order valence-electron chi connectivity index (χ3n) is 5.40. The van der Waals surface area contributed by atoms with Gasteiger partial charge in [-0.2, -0.15) is 0 Å². The van der Waals surface area contributed by atoms with Crippen molar-refractivity contribution in [3.8, 4) is 0 Å². The minimum atomic E-state index is -1.20. The van der Waals surface area contributed by atoms with Crippen molar-refractivity contribution in [1.82, 2.24) is 4.90 Å². The lowest BCUT2D eigenvalue weighted by molar-refractivity contribution is 0.205. The Hall–Kier alpha value is -1.78. The van der Waals surface area contributed by atoms with Crippen molar-refractivity contribution in [3.05, 3.63) is 53.6 Å². The maximum Gasteiger partial charge on any atom is 0.0775 e. The Morgan fingerprint density at radius 2 is 1.48 bits per heavy atom. The number of hydrogen-bond donors (Lipinski definition) is 2. The Bertz CT molecular complexity index is 691. The highest BCUT2D eigenvalue weighted by Gasteiger charge is 2.24. The first-order valence-corrected chi connectivity index (χ1v) is 12.8. The van der Waals surface area contributed by atoms with Crippen molar-refractivity contribution in [2.75, 3.05) is 24.6 Å². The first kappa shape index (κ1) is 18.0. The molecule has 3 nitrogen and oxygen atoms in total. The Kier molecular flexibility index (Phi) is 5.20. The Labute approximate surface area is 153 Å². The highest BCUT2D eigenvalue weighted by molar-refractivity contribution is 6.88. The fraction of sp³-hybridized carbons (Fsp3) is 0.429. The summed E-state index contributed by atoms with van der Waals surface area (Å²) in [6.45, 7) is 10.4. The van der Waals surface area contributed by atoms with Gasteiger partial charge >= 0.3 is 0 Å². The molecule has 0 aliphatic carbocycles. The molecule has 0 spiro atoms. The molecule has 2 aromatic rings. The van der Waals surface area contributed by atoms with Gasteiger partial charge in [0.05, 0.1) is 8.07 Å². The molecule has 0 aromatic heterocycles. The molecule has 1 aliphatic heterocycles. The van der Waals surface area contributed by atoms with E-state index in [1.54, 1.807) is 0 Å². The monoisotopic (exact) mass is 353 g/mol. The number of hydrogen-bond acceptors (Lipinski definition) is 3. The third kappa shape index (κ3) is 4.25. The molecule has 1 heterocycles. The van der Waals surface area contributed by atoms with Gasteiger partial charge in [-0.3, -0.25) is 4.90 Å². The molecule has 1 aliphatic rings. The van der Waals surface area contributed by atoms with Crippen LogP contribution in [0.15, 0.2) is 42.5 Å². The number of rotatable bonds is 4. The molecular formula is C21H31N3Si. The molecule has 0 amide bonds. The van der Waals surface area contributed by atoms with Gasteiger partial charge in [0.1, 0.15) is 0 Å². The van der Waals surface area contributed by atoms with Crippen molar-refractivity contribution >= 4 is 24.6 Å². The molecule has 3 rings (SSSR count). The van der Waals surface area contributed by atoms with E-state index in [-0.39, 0.29) is 0 Å². The first-order chi connectivity index (χ1) is 11.8. The summed E-state index contributed by atoms with van der Waals surface area (Å²) >= 11 is 0. The van der Waals surface area contributed by atoms with Gasteiger partial charge in [0.2, 0.25) is 0 Å². The SMILES string of the molecule is C[Si](C)(C)c1ccc(CN2CCC(c3c(N)cccc3N)CC2)cc1. The number of benzene rings is 2. The van der Waals surface area contributed by atoms with Crippen molar-refractivity contribution in [2.45, 2.75) is 44.9 Å². The van der Waals surface area contributed by atoms with E-state index < -0.39 is 8.07 Å². The second kappa shape index (κ2) is 7.22. The lowest BCUT2D eigenvalue weighted by Crippen LogP contribution is -2.37. The van der Waals surface area contributed by atoms with E-state index >= 15 is 0 Å². The quantitative estimate of drug-likeness (QED) is 0.650. The highest BCUT2D eigenvalue weighted by Crippen LogP contribution is 2.35. The largest absolute Gasteiger partial charge is 0.398 e. The number of piperidine rings is 1. The van der Waals surface area contributed by atoms with Crippen LogP contribution in [0.2, 0.25) is 19.6 Å². The van der Waals surface area contributed by atoms with E-state index in [0.717, 1.165) is 43.9 Å². The molecule has 0 atom stereocenters. The van der Waals surface area contributed by atoms with Crippen molar-refractivity contribution in [3.63, 3.8) is 0 Å². The van der Waals surface area contributed by atoms with Crippen molar-refractivity contribution in [1.29, 1.82) is 0 Å². The number of anilines is 2. The van der Waals surface area contributed by atoms with Gasteiger partial charge in [-0.25, -0.2) is 0 Å². The second-order valence-corrected chi connectivity index (χ2v) is 13.4. The molecule has 0 radical (unpaired) electrons. The molecule has 4 N–H and O–H groups in total. The molecule has 0 unspecified atom stereocenters. The van der Waals surface area contributed by atoms with Gasteiger partial charge < -0.3 is 11.5 Å². The predicted octanol–water partition coefficient (Wildman–Crippen LogP) is 3.78. The van der Waals surface area contributed by atoms with Gasteiger partial charge in [0.25, 0.3) is 0 Å². The van der Waals surface area contributed by atoms with Crippen LogP contribution in [0.5, 0.6) is 0 Å². The van der Waals surface area contributed by atoms with Crippen LogP contribution in [0.25, 0.3) is 0 Å². The van der Waals surface area contributed by atoms with E-state index in [1.807, 2.05) is 18.2 Å². The molecule has 25 heavy (non-hydrogen) atoms. The summed E-state index contributed by atoms with van der Waals surface area (Å²) in [6.07, 6.45) is 2.26. The number of nitrogens with two attached hydrogens (primary N) is 2. The zero-order valence-electron chi connectivity index (χ0n) is 15.8. The fourth-order valence-corrected chi connectivity index (χ4v) is 4.99. The van der Waals surface area contributed by atoms with Crippen LogP contribution in [0, 0.1) is 0 Å². The van der Waals surface area contributed by atoms with Crippen molar-refractivity contribution in [2.24, 2.45) is 0 Å². The lowest BCUT2D eigenvalue weighted by atomic mass is 9.87. The zero-order chi connectivity index (χ0) is 18.0. The smallest absolute Gasteiger partial charge is 0.0775 e. The molecule has 134 valence electrons. The molecule has 1 saturated heterocycles. The minimum Gasteiger partial charge on any atom is -0.398 e. The molecule has 0 bridgehead atoms. The maximum atomic E-state index is 6.17. The Morgan fingerprint density at radius 1 is 0.920 bits per heavy atom. The number of likely N-dealkylation sites (tertiary alicyclic amines) is 1. The normalized spacial score (nSPS) is 16.9. The lowest BCUT2D eigenvalue weighted by Gasteiger charge is -2.33. The fourth-order valence-electron chi connectivity index (χ4n) is 3.82. The average molecular weight is 354 g/mol. The Morgan fingerprint density at radius 3 is 2.00 bits per heavy atom. The Balaban J connectivity index is 1.60. The minimum absolute atomic E-state index is 0.492. The van der Waals surface area contributed by atoms with Crippen LogP contribution in [0.3, 0.4) is 0 Å². The van der Waals surface area contributed by atoms with E-state index in [0.29, 0.717) is 5.92 Å². The average Bonchev–Trinajstić information content (AvgIpc) is 2.56. The summed E-state index contributed by atoms with van der Waals surface area (Å²) < 4.78 is 0. The van der Waals surface area contributed by atoms with Crippen LogP contribution >= 0.6 is 0 Å².